The van der Waals surface area contributed by atoms with E-state index in [4.69, 9.17) is 4.42 Å². The van der Waals surface area contributed by atoms with Crippen LogP contribution in [0.4, 0.5) is 11.7 Å². The molecule has 7 nitrogen and oxygen atoms in total. The molecule has 0 aliphatic heterocycles. The molecular formula is C17H13N5O2. The van der Waals surface area contributed by atoms with Gasteiger partial charge in [0.05, 0.1) is 12.0 Å². The number of rotatable bonds is 4. The minimum Gasteiger partial charge on any atom is -0.506 e. The van der Waals surface area contributed by atoms with Crippen molar-refractivity contribution >= 4 is 11.7 Å². The second-order valence-corrected chi connectivity index (χ2v) is 5.07. The number of benzene rings is 2. The Labute approximate surface area is 137 Å². The maximum atomic E-state index is 9.76. The number of hydrogen-bond acceptors (Lipinski definition) is 6. The van der Waals surface area contributed by atoms with Gasteiger partial charge in [-0.25, -0.2) is 4.98 Å². The monoisotopic (exact) mass is 319 g/mol. The maximum Gasteiger partial charge on any atom is 0.320 e. The molecule has 0 atom stereocenters. The molecule has 4 rings (SSSR count). The summed E-state index contributed by atoms with van der Waals surface area (Å²) in [6, 6.07) is 14.7. The topological polar surface area (TPSA) is 89.0 Å². The SMILES string of the molecule is Oc1ccccc1Nc1nnc(-c2ccc(-n3ccnc3)cc2)o1. The summed E-state index contributed by atoms with van der Waals surface area (Å²) in [6.07, 6.45) is 5.33. The van der Waals surface area contributed by atoms with Crippen LogP contribution in [0, 0.1) is 0 Å². The summed E-state index contributed by atoms with van der Waals surface area (Å²) < 4.78 is 7.50. The molecule has 4 aromatic rings. The van der Waals surface area contributed by atoms with Gasteiger partial charge < -0.3 is 19.4 Å². The summed E-state index contributed by atoms with van der Waals surface area (Å²) in [6.45, 7) is 0. The van der Waals surface area contributed by atoms with Gasteiger partial charge >= 0.3 is 6.01 Å². The molecule has 0 bridgehead atoms. The van der Waals surface area contributed by atoms with Crippen LogP contribution >= 0.6 is 0 Å². The summed E-state index contributed by atoms with van der Waals surface area (Å²) in [7, 11) is 0. The third-order valence-corrected chi connectivity index (χ3v) is 3.49. The van der Waals surface area contributed by atoms with Crippen molar-refractivity contribution < 1.29 is 9.52 Å². The van der Waals surface area contributed by atoms with Crippen molar-refractivity contribution in [3.63, 3.8) is 0 Å². The number of phenolic OH excluding ortho intramolecular Hbond substituents is 1. The van der Waals surface area contributed by atoms with Crippen LogP contribution in [0.5, 0.6) is 5.75 Å². The Hall–Kier alpha value is -3.61. The first-order valence-corrected chi connectivity index (χ1v) is 7.27. The van der Waals surface area contributed by atoms with Crippen LogP contribution in [0.2, 0.25) is 0 Å². The summed E-state index contributed by atoms with van der Waals surface area (Å²) in [5.41, 5.74) is 2.29. The van der Waals surface area contributed by atoms with E-state index >= 15 is 0 Å². The lowest BCUT2D eigenvalue weighted by atomic mass is 10.2. The number of nitrogens with one attached hydrogen (secondary N) is 1. The van der Waals surface area contributed by atoms with Gasteiger partial charge in [0.25, 0.3) is 0 Å². The number of phenols is 1. The lowest BCUT2D eigenvalue weighted by molar-refractivity contribution is 0.477. The van der Waals surface area contributed by atoms with Gasteiger partial charge in [0.15, 0.2) is 0 Å². The van der Waals surface area contributed by atoms with Crippen LogP contribution in [0.3, 0.4) is 0 Å². The van der Waals surface area contributed by atoms with Crippen molar-refractivity contribution in [2.45, 2.75) is 0 Å². The zero-order chi connectivity index (χ0) is 16.4. The highest BCUT2D eigenvalue weighted by Gasteiger charge is 2.10. The van der Waals surface area contributed by atoms with Crippen molar-refractivity contribution in [1.82, 2.24) is 19.7 Å². The van der Waals surface area contributed by atoms with Gasteiger partial charge in [0.2, 0.25) is 5.89 Å². The highest BCUT2D eigenvalue weighted by molar-refractivity contribution is 5.62. The first kappa shape index (κ1) is 14.0. The summed E-state index contributed by atoms with van der Waals surface area (Å²) in [5, 5.41) is 20.6. The van der Waals surface area contributed by atoms with E-state index in [2.05, 4.69) is 20.5 Å². The van der Waals surface area contributed by atoms with E-state index in [9.17, 15) is 5.11 Å². The number of aromatic nitrogens is 4. The fourth-order valence-electron chi connectivity index (χ4n) is 2.27. The largest absolute Gasteiger partial charge is 0.506 e. The molecule has 118 valence electrons. The van der Waals surface area contributed by atoms with E-state index in [0.717, 1.165) is 11.3 Å². The maximum absolute atomic E-state index is 9.76. The highest BCUT2D eigenvalue weighted by atomic mass is 16.4. The predicted octanol–water partition coefficient (Wildman–Crippen LogP) is 3.37. The molecule has 0 spiro atoms. The van der Waals surface area contributed by atoms with E-state index in [1.165, 1.54) is 0 Å². The lowest BCUT2D eigenvalue weighted by Gasteiger charge is -2.03. The van der Waals surface area contributed by atoms with E-state index in [1.807, 2.05) is 35.0 Å². The van der Waals surface area contributed by atoms with Crippen molar-refractivity contribution in [2.75, 3.05) is 5.32 Å². The Bertz CT molecular complexity index is 945. The fourth-order valence-corrected chi connectivity index (χ4v) is 2.27. The number of anilines is 2. The van der Waals surface area contributed by atoms with Gasteiger partial charge in [-0.15, -0.1) is 5.10 Å². The zero-order valence-corrected chi connectivity index (χ0v) is 12.5. The molecule has 2 heterocycles. The van der Waals surface area contributed by atoms with Crippen LogP contribution < -0.4 is 5.32 Å². The van der Waals surface area contributed by atoms with Crippen LogP contribution in [0.1, 0.15) is 0 Å². The van der Waals surface area contributed by atoms with Crippen LogP contribution in [0.25, 0.3) is 17.1 Å². The minimum atomic E-state index is 0.113. The van der Waals surface area contributed by atoms with Gasteiger partial charge in [-0.3, -0.25) is 0 Å². The van der Waals surface area contributed by atoms with Gasteiger partial charge in [-0.1, -0.05) is 17.2 Å². The second kappa shape index (κ2) is 5.88. The second-order valence-electron chi connectivity index (χ2n) is 5.07. The van der Waals surface area contributed by atoms with Gasteiger partial charge in [-0.2, -0.15) is 0 Å². The molecule has 0 fully saturated rings. The molecule has 24 heavy (non-hydrogen) atoms. The van der Waals surface area contributed by atoms with E-state index in [0.29, 0.717) is 11.6 Å². The quantitative estimate of drug-likeness (QED) is 0.561. The van der Waals surface area contributed by atoms with Crippen LogP contribution in [-0.2, 0) is 0 Å². The Kier molecular flexibility index (Phi) is 3.43. The smallest absolute Gasteiger partial charge is 0.320 e. The van der Waals surface area contributed by atoms with Crippen LogP contribution in [-0.4, -0.2) is 24.9 Å². The number of para-hydroxylation sites is 2. The molecule has 0 aliphatic rings. The first-order chi connectivity index (χ1) is 11.8. The molecule has 0 unspecified atom stereocenters. The lowest BCUT2D eigenvalue weighted by Crippen LogP contribution is -1.90. The average molecular weight is 319 g/mol. The third kappa shape index (κ3) is 2.70. The van der Waals surface area contributed by atoms with E-state index < -0.39 is 0 Å². The third-order valence-electron chi connectivity index (χ3n) is 3.49. The Morgan fingerprint density at radius 2 is 1.83 bits per heavy atom. The standard InChI is InChI=1S/C17H13N5O2/c23-15-4-2-1-3-14(15)19-17-21-20-16(24-17)12-5-7-13(8-6-12)22-10-9-18-11-22/h1-11,23H,(H,19,21). The number of nitrogens with zero attached hydrogens (tertiary/aromatic N) is 4. The summed E-state index contributed by atoms with van der Waals surface area (Å²) in [5.74, 6) is 0.507. The first-order valence-electron chi connectivity index (χ1n) is 7.27. The van der Waals surface area contributed by atoms with Crippen molar-refractivity contribution in [1.29, 1.82) is 0 Å². The van der Waals surface area contributed by atoms with Crippen molar-refractivity contribution in [3.05, 3.63) is 67.3 Å². The Morgan fingerprint density at radius 1 is 1.00 bits per heavy atom. The molecule has 0 saturated heterocycles. The summed E-state index contributed by atoms with van der Waals surface area (Å²) in [4.78, 5) is 4.02. The molecule has 0 aliphatic carbocycles. The Balaban J connectivity index is 1.55. The molecular weight excluding hydrogens is 306 g/mol. The predicted molar refractivity (Wildman–Crippen MR) is 88.2 cm³/mol. The molecule has 2 N–H and O–H groups in total. The molecule has 7 heteroatoms. The molecule has 2 aromatic heterocycles. The van der Waals surface area contributed by atoms with Gasteiger partial charge in [-0.05, 0) is 36.4 Å². The Morgan fingerprint density at radius 3 is 2.58 bits per heavy atom. The minimum absolute atomic E-state index is 0.113. The molecule has 0 radical (unpaired) electrons. The number of imidazole rings is 1. The molecule has 2 aromatic carbocycles. The van der Waals surface area contributed by atoms with Crippen molar-refractivity contribution in [3.8, 4) is 22.9 Å². The zero-order valence-electron chi connectivity index (χ0n) is 12.5. The average Bonchev–Trinajstić information content (AvgIpc) is 3.29. The fraction of sp³-hybridized carbons (Fsp3) is 0. The van der Waals surface area contributed by atoms with E-state index in [-0.39, 0.29) is 11.8 Å². The van der Waals surface area contributed by atoms with Crippen molar-refractivity contribution in [2.24, 2.45) is 0 Å². The van der Waals surface area contributed by atoms with Gasteiger partial charge in [0.1, 0.15) is 5.75 Å². The van der Waals surface area contributed by atoms with Crippen LogP contribution in [0.15, 0.2) is 71.7 Å². The molecule has 0 amide bonds. The number of aromatic hydroxyl groups is 1. The van der Waals surface area contributed by atoms with Gasteiger partial charge in [0, 0.05) is 23.6 Å². The normalized spacial score (nSPS) is 10.7. The molecule has 0 saturated carbocycles. The highest BCUT2D eigenvalue weighted by Crippen LogP contribution is 2.27. The van der Waals surface area contributed by atoms with E-state index in [1.54, 1.807) is 36.8 Å². The summed E-state index contributed by atoms with van der Waals surface area (Å²) >= 11 is 0. The number of hydrogen-bond donors (Lipinski definition) is 2.